The minimum atomic E-state index is -0.957. The van der Waals surface area contributed by atoms with Gasteiger partial charge in [0.1, 0.15) is 6.54 Å². The Morgan fingerprint density at radius 1 is 1.41 bits per heavy atom. The van der Waals surface area contributed by atoms with E-state index >= 15 is 0 Å². The lowest BCUT2D eigenvalue weighted by Gasteiger charge is -2.12. The van der Waals surface area contributed by atoms with Gasteiger partial charge >= 0.3 is 0 Å². The molecule has 2 aromatic heterocycles. The highest BCUT2D eigenvalue weighted by Crippen LogP contribution is 2.19. The molecule has 0 aliphatic heterocycles. The number of carbonyl (C=O) groups excluding carboxylic acids is 1. The van der Waals surface area contributed by atoms with Crippen LogP contribution in [-0.2, 0) is 11.3 Å². The van der Waals surface area contributed by atoms with Gasteiger partial charge in [0.25, 0.3) is 0 Å². The number of rotatable bonds is 4. The van der Waals surface area contributed by atoms with Crippen LogP contribution in [0, 0.1) is 11.6 Å². The molecule has 114 valence electrons. The van der Waals surface area contributed by atoms with Crippen LogP contribution in [0.25, 0.3) is 11.0 Å². The molecule has 0 saturated carbocycles. The molecule has 0 radical (unpaired) electrons. The lowest BCUT2D eigenvalue weighted by atomic mass is 10.2. The van der Waals surface area contributed by atoms with E-state index in [4.69, 9.17) is 0 Å². The minimum Gasteiger partial charge on any atom is -0.347 e. The number of benzene rings is 1. The second-order valence-corrected chi connectivity index (χ2v) is 5.91. The quantitative estimate of drug-likeness (QED) is 0.802. The SMILES string of the molecule is C[C@@H](NC(=O)Cn1cnc2cc(F)c(F)cc21)c1cccs1. The van der Waals surface area contributed by atoms with Crippen LogP contribution in [-0.4, -0.2) is 15.5 Å². The summed E-state index contributed by atoms with van der Waals surface area (Å²) < 4.78 is 28.0. The van der Waals surface area contributed by atoms with Crippen LogP contribution in [0.3, 0.4) is 0 Å². The fourth-order valence-corrected chi connectivity index (χ4v) is 2.96. The number of aromatic nitrogens is 2. The lowest BCUT2D eigenvalue weighted by molar-refractivity contribution is -0.122. The van der Waals surface area contributed by atoms with Crippen molar-refractivity contribution in [3.8, 4) is 0 Å². The molecule has 0 spiro atoms. The molecule has 2 heterocycles. The predicted octanol–water partition coefficient (Wildman–Crippen LogP) is 3.25. The minimum absolute atomic E-state index is 0.00269. The van der Waals surface area contributed by atoms with Crippen LogP contribution >= 0.6 is 11.3 Å². The van der Waals surface area contributed by atoms with Gasteiger partial charge in [0.2, 0.25) is 5.91 Å². The molecule has 1 aromatic carbocycles. The summed E-state index contributed by atoms with van der Waals surface area (Å²) in [6.45, 7) is 1.89. The molecule has 0 aliphatic carbocycles. The van der Waals surface area contributed by atoms with Gasteiger partial charge in [-0.3, -0.25) is 4.79 Å². The first-order chi connectivity index (χ1) is 10.5. The second-order valence-electron chi connectivity index (χ2n) is 4.93. The zero-order valence-electron chi connectivity index (χ0n) is 11.7. The molecule has 1 amide bonds. The smallest absolute Gasteiger partial charge is 0.240 e. The van der Waals surface area contributed by atoms with Gasteiger partial charge in [-0.05, 0) is 18.4 Å². The van der Waals surface area contributed by atoms with Crippen LogP contribution in [0.1, 0.15) is 17.8 Å². The number of nitrogens with zero attached hydrogens (tertiary/aromatic N) is 2. The first-order valence-electron chi connectivity index (χ1n) is 6.67. The number of hydrogen-bond donors (Lipinski definition) is 1. The average Bonchev–Trinajstić information content (AvgIpc) is 3.11. The van der Waals surface area contributed by atoms with E-state index in [9.17, 15) is 13.6 Å². The lowest BCUT2D eigenvalue weighted by Crippen LogP contribution is -2.29. The maximum atomic E-state index is 13.3. The zero-order chi connectivity index (χ0) is 15.7. The molecule has 3 rings (SSSR count). The third-order valence-corrected chi connectivity index (χ3v) is 4.38. The van der Waals surface area contributed by atoms with Crippen LogP contribution in [0.5, 0.6) is 0 Å². The van der Waals surface area contributed by atoms with Gasteiger partial charge in [0.15, 0.2) is 11.6 Å². The molecule has 0 unspecified atom stereocenters. The molecule has 22 heavy (non-hydrogen) atoms. The highest BCUT2D eigenvalue weighted by atomic mass is 32.1. The van der Waals surface area contributed by atoms with Crippen molar-refractivity contribution in [1.29, 1.82) is 0 Å². The molecular formula is C15H13F2N3OS. The van der Waals surface area contributed by atoms with E-state index in [1.54, 1.807) is 11.3 Å². The average molecular weight is 321 g/mol. The molecule has 3 aromatic rings. The number of nitrogens with one attached hydrogen (secondary N) is 1. The third kappa shape index (κ3) is 2.85. The first kappa shape index (κ1) is 14.6. The van der Waals surface area contributed by atoms with Crippen molar-refractivity contribution in [2.24, 2.45) is 0 Å². The summed E-state index contributed by atoms with van der Waals surface area (Å²) in [7, 11) is 0. The largest absolute Gasteiger partial charge is 0.347 e. The highest BCUT2D eigenvalue weighted by Gasteiger charge is 2.14. The van der Waals surface area contributed by atoms with Crippen molar-refractivity contribution in [2.75, 3.05) is 0 Å². The van der Waals surface area contributed by atoms with Gasteiger partial charge in [-0.15, -0.1) is 11.3 Å². The number of amides is 1. The highest BCUT2D eigenvalue weighted by molar-refractivity contribution is 7.10. The Hall–Kier alpha value is -2.28. The molecule has 1 atom stereocenters. The monoisotopic (exact) mass is 321 g/mol. The summed E-state index contributed by atoms with van der Waals surface area (Å²) in [6, 6.07) is 5.83. The molecule has 0 aliphatic rings. The van der Waals surface area contributed by atoms with E-state index in [0.29, 0.717) is 11.0 Å². The van der Waals surface area contributed by atoms with E-state index in [2.05, 4.69) is 10.3 Å². The Morgan fingerprint density at radius 3 is 2.91 bits per heavy atom. The Kier molecular flexibility index (Phi) is 3.89. The Morgan fingerprint density at radius 2 is 2.18 bits per heavy atom. The van der Waals surface area contributed by atoms with E-state index in [1.807, 2.05) is 24.4 Å². The van der Waals surface area contributed by atoms with Crippen molar-refractivity contribution < 1.29 is 13.6 Å². The number of imidazole rings is 1. The number of hydrogen-bond acceptors (Lipinski definition) is 3. The van der Waals surface area contributed by atoms with Gasteiger partial charge < -0.3 is 9.88 Å². The van der Waals surface area contributed by atoms with Gasteiger partial charge in [-0.25, -0.2) is 13.8 Å². The fraction of sp³-hybridized carbons (Fsp3) is 0.200. The maximum Gasteiger partial charge on any atom is 0.240 e. The van der Waals surface area contributed by atoms with Crippen LogP contribution < -0.4 is 5.32 Å². The number of halogens is 2. The van der Waals surface area contributed by atoms with Crippen molar-refractivity contribution >= 4 is 28.3 Å². The van der Waals surface area contributed by atoms with Crippen molar-refractivity contribution in [2.45, 2.75) is 19.5 Å². The molecule has 0 bridgehead atoms. The maximum absolute atomic E-state index is 13.3. The number of fused-ring (bicyclic) bond motifs is 1. The van der Waals surface area contributed by atoms with Gasteiger partial charge in [0, 0.05) is 17.0 Å². The van der Waals surface area contributed by atoms with Crippen molar-refractivity contribution in [3.63, 3.8) is 0 Å². The van der Waals surface area contributed by atoms with Crippen molar-refractivity contribution in [1.82, 2.24) is 14.9 Å². The second kappa shape index (κ2) is 5.84. The fourth-order valence-electron chi connectivity index (χ4n) is 2.23. The molecular weight excluding hydrogens is 308 g/mol. The predicted molar refractivity (Wildman–Crippen MR) is 80.5 cm³/mol. The van der Waals surface area contributed by atoms with Crippen LogP contribution in [0.2, 0.25) is 0 Å². The normalized spacial score (nSPS) is 12.5. The van der Waals surface area contributed by atoms with E-state index in [1.165, 1.54) is 10.9 Å². The Bertz CT molecular complexity index is 814. The Labute approximate surface area is 129 Å². The summed E-state index contributed by atoms with van der Waals surface area (Å²) in [5.41, 5.74) is 0.704. The summed E-state index contributed by atoms with van der Waals surface area (Å²) in [5, 5.41) is 4.81. The number of thiophene rings is 1. The molecule has 1 N–H and O–H groups in total. The van der Waals surface area contributed by atoms with Gasteiger partial charge in [-0.2, -0.15) is 0 Å². The zero-order valence-corrected chi connectivity index (χ0v) is 12.5. The van der Waals surface area contributed by atoms with Crippen molar-refractivity contribution in [3.05, 3.63) is 52.5 Å². The van der Waals surface area contributed by atoms with E-state index in [-0.39, 0.29) is 18.5 Å². The summed E-state index contributed by atoms with van der Waals surface area (Å²) in [5.74, 6) is -2.12. The Balaban J connectivity index is 1.75. The first-order valence-corrected chi connectivity index (χ1v) is 7.55. The van der Waals surface area contributed by atoms with Crippen LogP contribution in [0.15, 0.2) is 36.0 Å². The van der Waals surface area contributed by atoms with Crippen LogP contribution in [0.4, 0.5) is 8.78 Å². The topological polar surface area (TPSA) is 46.9 Å². The van der Waals surface area contributed by atoms with Gasteiger partial charge in [0.05, 0.1) is 23.4 Å². The molecule has 0 fully saturated rings. The summed E-state index contributed by atoms with van der Waals surface area (Å²) in [4.78, 5) is 17.1. The summed E-state index contributed by atoms with van der Waals surface area (Å²) in [6.07, 6.45) is 1.40. The van der Waals surface area contributed by atoms with E-state index in [0.717, 1.165) is 17.0 Å². The van der Waals surface area contributed by atoms with Gasteiger partial charge in [-0.1, -0.05) is 6.07 Å². The third-order valence-electron chi connectivity index (χ3n) is 3.32. The summed E-state index contributed by atoms with van der Waals surface area (Å²) >= 11 is 1.56. The molecule has 4 nitrogen and oxygen atoms in total. The number of carbonyl (C=O) groups is 1. The standard InChI is InChI=1S/C15H13F2N3OS/c1-9(14-3-2-4-22-14)19-15(21)7-20-8-18-12-5-10(16)11(17)6-13(12)20/h2-6,8-9H,7H2,1H3,(H,19,21)/t9-/m1/s1. The van der Waals surface area contributed by atoms with E-state index < -0.39 is 11.6 Å². The molecule has 7 heteroatoms. The molecule has 0 saturated heterocycles.